The van der Waals surface area contributed by atoms with Crippen molar-refractivity contribution in [3.05, 3.63) is 30.3 Å². The first-order valence-electron chi connectivity index (χ1n) is 5.78. The van der Waals surface area contributed by atoms with Gasteiger partial charge in [-0.3, -0.25) is 0 Å². The molecule has 0 spiro atoms. The van der Waals surface area contributed by atoms with Crippen LogP contribution in [0.15, 0.2) is 35.2 Å². The Morgan fingerprint density at radius 3 is 2.18 bits per heavy atom. The number of nitrogens with one attached hydrogen (secondary N) is 1. The molecule has 1 atom stereocenters. The van der Waals surface area contributed by atoms with Crippen LogP contribution < -0.4 is 4.72 Å². The summed E-state index contributed by atoms with van der Waals surface area (Å²) in [6.45, 7) is 8.83. The Kier molecular flexibility index (Phi) is 4.33. The van der Waals surface area contributed by atoms with Gasteiger partial charge in [0.1, 0.15) is 0 Å². The van der Waals surface area contributed by atoms with Crippen molar-refractivity contribution in [2.75, 3.05) is 6.54 Å². The molecule has 4 heteroatoms. The zero-order chi connectivity index (χ0) is 13.1. The maximum atomic E-state index is 12.0. The van der Waals surface area contributed by atoms with Gasteiger partial charge in [0.15, 0.2) is 0 Å². The van der Waals surface area contributed by atoms with E-state index in [0.717, 1.165) is 0 Å². The van der Waals surface area contributed by atoms with Crippen LogP contribution in [0.1, 0.15) is 27.7 Å². The summed E-state index contributed by atoms with van der Waals surface area (Å²) in [6, 6.07) is 8.45. The molecule has 0 radical (unpaired) electrons. The Labute approximate surface area is 104 Å². The lowest BCUT2D eigenvalue weighted by Gasteiger charge is -2.27. The summed E-state index contributed by atoms with van der Waals surface area (Å²) in [7, 11) is -3.37. The van der Waals surface area contributed by atoms with E-state index < -0.39 is 10.0 Å². The molecule has 0 saturated carbocycles. The molecule has 0 aliphatic heterocycles. The fourth-order valence-electron chi connectivity index (χ4n) is 1.22. The summed E-state index contributed by atoms with van der Waals surface area (Å²) in [5, 5.41) is 0. The van der Waals surface area contributed by atoms with Crippen molar-refractivity contribution in [3.63, 3.8) is 0 Å². The molecular formula is C13H21NO2S. The maximum Gasteiger partial charge on any atom is 0.240 e. The van der Waals surface area contributed by atoms with E-state index in [1.807, 2.05) is 6.92 Å². The molecule has 0 saturated heterocycles. The van der Waals surface area contributed by atoms with E-state index in [1.54, 1.807) is 30.3 Å². The highest BCUT2D eigenvalue weighted by molar-refractivity contribution is 7.89. The van der Waals surface area contributed by atoms with Gasteiger partial charge in [0.25, 0.3) is 0 Å². The lowest BCUT2D eigenvalue weighted by Crippen LogP contribution is -2.33. The summed E-state index contributed by atoms with van der Waals surface area (Å²) >= 11 is 0. The molecule has 1 aromatic rings. The first kappa shape index (κ1) is 14.2. The highest BCUT2D eigenvalue weighted by Gasteiger charge is 2.22. The molecule has 0 fully saturated rings. The normalized spacial score (nSPS) is 14.6. The van der Waals surface area contributed by atoms with Gasteiger partial charge in [0.2, 0.25) is 10.0 Å². The minimum absolute atomic E-state index is 0.0964. The molecule has 17 heavy (non-hydrogen) atoms. The third kappa shape index (κ3) is 4.13. The van der Waals surface area contributed by atoms with Crippen molar-refractivity contribution in [1.82, 2.24) is 4.72 Å². The van der Waals surface area contributed by atoms with Crippen molar-refractivity contribution < 1.29 is 8.42 Å². The van der Waals surface area contributed by atoms with Crippen LogP contribution in [-0.4, -0.2) is 15.0 Å². The third-order valence-electron chi connectivity index (χ3n) is 3.11. The van der Waals surface area contributed by atoms with Crippen LogP contribution in [0.5, 0.6) is 0 Å². The molecule has 0 heterocycles. The summed E-state index contributed by atoms with van der Waals surface area (Å²) in [5.74, 6) is 0.279. The molecule has 1 unspecified atom stereocenters. The van der Waals surface area contributed by atoms with Gasteiger partial charge < -0.3 is 0 Å². The zero-order valence-corrected chi connectivity index (χ0v) is 11.7. The molecule has 1 aromatic carbocycles. The fraction of sp³-hybridized carbons (Fsp3) is 0.538. The summed E-state index contributed by atoms with van der Waals surface area (Å²) < 4.78 is 26.6. The summed E-state index contributed by atoms with van der Waals surface area (Å²) in [6.07, 6.45) is 0. The van der Waals surface area contributed by atoms with E-state index >= 15 is 0 Å². The Morgan fingerprint density at radius 2 is 1.71 bits per heavy atom. The minimum Gasteiger partial charge on any atom is -0.211 e. The number of hydrogen-bond acceptors (Lipinski definition) is 2. The van der Waals surface area contributed by atoms with Crippen LogP contribution >= 0.6 is 0 Å². The second-order valence-electron chi connectivity index (χ2n) is 5.43. The van der Waals surface area contributed by atoms with Gasteiger partial charge in [-0.15, -0.1) is 0 Å². The van der Waals surface area contributed by atoms with E-state index in [0.29, 0.717) is 11.4 Å². The molecule has 0 bridgehead atoms. The highest BCUT2D eigenvalue weighted by atomic mass is 32.2. The number of benzene rings is 1. The van der Waals surface area contributed by atoms with Crippen LogP contribution in [-0.2, 0) is 10.0 Å². The van der Waals surface area contributed by atoms with Gasteiger partial charge in [0.05, 0.1) is 4.90 Å². The Morgan fingerprint density at radius 1 is 1.18 bits per heavy atom. The monoisotopic (exact) mass is 255 g/mol. The highest BCUT2D eigenvalue weighted by Crippen LogP contribution is 2.24. The number of hydrogen-bond donors (Lipinski definition) is 1. The van der Waals surface area contributed by atoms with Gasteiger partial charge in [-0.05, 0) is 23.5 Å². The quantitative estimate of drug-likeness (QED) is 0.899. The molecule has 0 aromatic heterocycles. The van der Waals surface area contributed by atoms with E-state index in [1.165, 1.54) is 0 Å². The Hall–Kier alpha value is -0.870. The van der Waals surface area contributed by atoms with Gasteiger partial charge in [-0.2, -0.15) is 0 Å². The summed E-state index contributed by atoms with van der Waals surface area (Å²) in [5.41, 5.74) is 0.0964. The van der Waals surface area contributed by atoms with Gasteiger partial charge >= 0.3 is 0 Å². The first-order valence-corrected chi connectivity index (χ1v) is 7.26. The Balaban J connectivity index is 2.70. The van der Waals surface area contributed by atoms with Crippen LogP contribution in [0, 0.1) is 11.3 Å². The van der Waals surface area contributed by atoms with Gasteiger partial charge in [-0.25, -0.2) is 13.1 Å². The van der Waals surface area contributed by atoms with Crippen molar-refractivity contribution in [2.45, 2.75) is 32.6 Å². The molecule has 3 nitrogen and oxygen atoms in total. The number of sulfonamides is 1. The van der Waals surface area contributed by atoms with Crippen molar-refractivity contribution >= 4 is 10.0 Å². The van der Waals surface area contributed by atoms with Crippen LogP contribution in [0.3, 0.4) is 0 Å². The average Bonchev–Trinajstić information content (AvgIpc) is 2.26. The summed E-state index contributed by atoms with van der Waals surface area (Å²) in [4.78, 5) is 0.320. The zero-order valence-electron chi connectivity index (χ0n) is 10.9. The van der Waals surface area contributed by atoms with Crippen LogP contribution in [0.2, 0.25) is 0 Å². The SMILES string of the molecule is CC(CNS(=O)(=O)c1ccccc1)C(C)(C)C. The molecule has 0 aliphatic carbocycles. The molecule has 1 N–H and O–H groups in total. The largest absolute Gasteiger partial charge is 0.240 e. The van der Waals surface area contributed by atoms with Crippen molar-refractivity contribution in [1.29, 1.82) is 0 Å². The smallest absolute Gasteiger partial charge is 0.211 e. The van der Waals surface area contributed by atoms with Crippen LogP contribution in [0.4, 0.5) is 0 Å². The van der Waals surface area contributed by atoms with Crippen LogP contribution in [0.25, 0.3) is 0 Å². The lowest BCUT2D eigenvalue weighted by molar-refractivity contribution is 0.263. The van der Waals surface area contributed by atoms with E-state index in [2.05, 4.69) is 25.5 Å². The lowest BCUT2D eigenvalue weighted by atomic mass is 9.82. The molecule has 1 rings (SSSR count). The number of rotatable bonds is 4. The fourth-order valence-corrected chi connectivity index (χ4v) is 2.38. The molecule has 0 amide bonds. The molecule has 0 aliphatic rings. The van der Waals surface area contributed by atoms with Gasteiger partial charge in [0, 0.05) is 6.54 Å². The van der Waals surface area contributed by atoms with E-state index in [9.17, 15) is 8.42 Å². The third-order valence-corrected chi connectivity index (χ3v) is 4.55. The molecule has 96 valence electrons. The second-order valence-corrected chi connectivity index (χ2v) is 7.20. The molecular weight excluding hydrogens is 234 g/mol. The first-order chi connectivity index (χ1) is 7.73. The topological polar surface area (TPSA) is 46.2 Å². The van der Waals surface area contributed by atoms with Crippen molar-refractivity contribution in [3.8, 4) is 0 Å². The maximum absolute atomic E-state index is 12.0. The van der Waals surface area contributed by atoms with E-state index in [-0.39, 0.29) is 11.3 Å². The van der Waals surface area contributed by atoms with E-state index in [4.69, 9.17) is 0 Å². The predicted molar refractivity (Wildman–Crippen MR) is 70.2 cm³/mol. The van der Waals surface area contributed by atoms with Crippen molar-refractivity contribution in [2.24, 2.45) is 11.3 Å². The predicted octanol–water partition coefficient (Wildman–Crippen LogP) is 2.65. The standard InChI is InChI=1S/C13H21NO2S/c1-11(13(2,3)4)10-14-17(15,16)12-8-6-5-7-9-12/h5-9,11,14H,10H2,1-4H3. The minimum atomic E-state index is -3.37. The Bertz CT molecular complexity index is 446. The average molecular weight is 255 g/mol. The van der Waals surface area contributed by atoms with Gasteiger partial charge in [-0.1, -0.05) is 45.9 Å². The second kappa shape index (κ2) is 5.19.